The molecule has 43 heavy (non-hydrogen) atoms. The van der Waals surface area contributed by atoms with E-state index in [1.165, 1.54) is 27.8 Å². The number of nitrogens with zero attached hydrogens (tertiary/aromatic N) is 1. The molecular formula is C33H43NO9. The Hall–Kier alpha value is -2.83. The summed E-state index contributed by atoms with van der Waals surface area (Å²) in [4.78, 5) is 15.7. The molecule has 1 aliphatic carbocycles. The Morgan fingerprint density at radius 2 is 1.49 bits per heavy atom. The third kappa shape index (κ3) is 8.86. The van der Waals surface area contributed by atoms with Crippen LogP contribution in [0.3, 0.4) is 0 Å². The lowest BCUT2D eigenvalue weighted by molar-refractivity contribution is -0.157. The molecule has 0 aromatic heterocycles. The quantitative estimate of drug-likeness (QED) is 0.393. The van der Waals surface area contributed by atoms with Gasteiger partial charge in [-0.1, -0.05) is 42.5 Å². The maximum atomic E-state index is 14.0. The molecule has 1 N–H and O–H groups in total. The molecule has 0 spiro atoms. The maximum Gasteiger partial charge on any atom is 0.288 e. The van der Waals surface area contributed by atoms with Crippen molar-refractivity contribution in [2.24, 2.45) is 0 Å². The highest BCUT2D eigenvalue weighted by atomic mass is 16.7. The summed E-state index contributed by atoms with van der Waals surface area (Å²) in [5.74, 6) is -0.0458. The third-order valence-corrected chi connectivity index (χ3v) is 7.74. The normalized spacial score (nSPS) is 22.0. The summed E-state index contributed by atoms with van der Waals surface area (Å²) in [5, 5.41) is 9.01. The van der Waals surface area contributed by atoms with E-state index in [-0.39, 0.29) is 37.4 Å². The number of benzene rings is 2. The van der Waals surface area contributed by atoms with Crippen molar-refractivity contribution < 1.29 is 43.1 Å². The van der Waals surface area contributed by atoms with E-state index in [9.17, 15) is 4.79 Å². The monoisotopic (exact) mass is 597 g/mol. The highest BCUT2D eigenvalue weighted by Gasteiger charge is 2.33. The van der Waals surface area contributed by atoms with Crippen LogP contribution in [0.25, 0.3) is 11.1 Å². The van der Waals surface area contributed by atoms with E-state index in [0.717, 1.165) is 6.42 Å². The van der Waals surface area contributed by atoms with Gasteiger partial charge in [0, 0.05) is 25.4 Å². The lowest BCUT2D eigenvalue weighted by Crippen LogP contribution is -2.40. The first kappa shape index (κ1) is 31.6. The molecule has 2 aromatic rings. The van der Waals surface area contributed by atoms with E-state index in [4.69, 9.17) is 38.3 Å². The number of carbonyl (C=O) groups is 1. The van der Waals surface area contributed by atoms with Crippen molar-refractivity contribution in [3.05, 3.63) is 71.0 Å². The summed E-state index contributed by atoms with van der Waals surface area (Å²) >= 11 is 0. The molecule has 0 saturated carbocycles. The first-order valence-corrected chi connectivity index (χ1v) is 15.2. The second-order valence-corrected chi connectivity index (χ2v) is 10.6. The summed E-state index contributed by atoms with van der Waals surface area (Å²) in [7, 11) is 0. The average molecular weight is 598 g/mol. The molecule has 0 unspecified atom stereocenters. The van der Waals surface area contributed by atoms with Gasteiger partial charge >= 0.3 is 0 Å². The van der Waals surface area contributed by atoms with Crippen LogP contribution in [0, 0.1) is 0 Å². The molecule has 1 fully saturated rings. The molecule has 5 rings (SSSR count). The van der Waals surface area contributed by atoms with Gasteiger partial charge in [0.15, 0.2) is 5.76 Å². The van der Waals surface area contributed by atoms with Crippen molar-refractivity contribution in [1.82, 2.24) is 4.90 Å². The van der Waals surface area contributed by atoms with Crippen LogP contribution in [0.5, 0.6) is 0 Å². The van der Waals surface area contributed by atoms with Crippen LogP contribution in [0.1, 0.15) is 29.0 Å². The third-order valence-electron chi connectivity index (χ3n) is 7.74. The second kappa shape index (κ2) is 16.9. The predicted molar refractivity (Wildman–Crippen MR) is 159 cm³/mol. The van der Waals surface area contributed by atoms with Gasteiger partial charge in [0.25, 0.3) is 5.91 Å². The number of amides is 1. The number of allylic oxidation sites excluding steroid dienone is 1. The Kier molecular flexibility index (Phi) is 12.4. The summed E-state index contributed by atoms with van der Waals surface area (Å²) in [5.41, 5.74) is 6.27. The lowest BCUT2D eigenvalue weighted by Gasteiger charge is -2.32. The molecule has 2 aromatic carbocycles. The van der Waals surface area contributed by atoms with Crippen molar-refractivity contribution in [3.8, 4) is 11.1 Å². The van der Waals surface area contributed by atoms with E-state index in [1.807, 2.05) is 6.08 Å². The first-order chi connectivity index (χ1) is 21.2. The lowest BCUT2D eigenvalue weighted by atomic mass is 9.87. The van der Waals surface area contributed by atoms with Crippen molar-refractivity contribution in [1.29, 1.82) is 0 Å². The standard InChI is InChI=1S/C33H43NO9/c35-10-13-39-20-21-42-32-24-26(28-6-3-7-29-27-5-2-1-4-25(27)22-30(28)29)23-31(43-32)33(36)34-8-11-37-14-16-40-18-19-41-17-15-38-12-9-34/h1-7,23,26,32,35H,8-22,24H2/t26-,32+/m1/s1. The zero-order valence-electron chi connectivity index (χ0n) is 24.7. The van der Waals surface area contributed by atoms with Crippen molar-refractivity contribution in [2.75, 3.05) is 92.4 Å². The van der Waals surface area contributed by atoms with E-state index in [2.05, 4.69) is 42.5 Å². The number of aliphatic hydroxyl groups excluding tert-OH is 1. The van der Waals surface area contributed by atoms with Gasteiger partial charge in [-0.25, -0.2) is 0 Å². The maximum absolute atomic E-state index is 14.0. The largest absolute Gasteiger partial charge is 0.459 e. The molecule has 234 valence electrons. The van der Waals surface area contributed by atoms with Gasteiger partial charge in [0.05, 0.1) is 79.3 Å². The molecule has 0 radical (unpaired) electrons. The van der Waals surface area contributed by atoms with Crippen LogP contribution in [0.2, 0.25) is 0 Å². The molecule has 0 bridgehead atoms. The van der Waals surface area contributed by atoms with Crippen LogP contribution >= 0.6 is 0 Å². The van der Waals surface area contributed by atoms with E-state index < -0.39 is 6.29 Å². The Morgan fingerprint density at radius 1 is 0.814 bits per heavy atom. The zero-order chi connectivity index (χ0) is 29.7. The summed E-state index contributed by atoms with van der Waals surface area (Å²) in [6.07, 6.45) is 2.74. The smallest absolute Gasteiger partial charge is 0.288 e. The SMILES string of the molecule is O=C(C1=C[C@@H](c2cccc3c2Cc2ccccc2-3)C[C@@H](OCCOCCO)O1)N1CCOCCOCCOCCOCC1. The fourth-order valence-electron chi connectivity index (χ4n) is 5.64. The zero-order valence-corrected chi connectivity index (χ0v) is 24.7. The minimum Gasteiger partial charge on any atom is -0.459 e. The van der Waals surface area contributed by atoms with Crippen LogP contribution in [0.4, 0.5) is 0 Å². The fraction of sp³-hybridized carbons (Fsp3) is 0.545. The fourth-order valence-corrected chi connectivity index (χ4v) is 5.64. The van der Waals surface area contributed by atoms with Crippen LogP contribution in [0.15, 0.2) is 54.3 Å². The van der Waals surface area contributed by atoms with Gasteiger partial charge < -0.3 is 43.2 Å². The average Bonchev–Trinajstić information content (AvgIpc) is 3.41. The van der Waals surface area contributed by atoms with E-state index in [1.54, 1.807) is 4.90 Å². The minimum absolute atomic E-state index is 0.0474. The van der Waals surface area contributed by atoms with E-state index >= 15 is 0 Å². The Morgan fingerprint density at radius 3 is 2.21 bits per heavy atom. The highest BCUT2D eigenvalue weighted by molar-refractivity contribution is 5.92. The Balaban J connectivity index is 1.34. The number of aliphatic hydroxyl groups is 1. The predicted octanol–water partition coefficient (Wildman–Crippen LogP) is 2.91. The summed E-state index contributed by atoms with van der Waals surface area (Å²) in [6.45, 7) is 5.16. The molecule has 1 amide bonds. The number of ether oxygens (including phenoxy) is 7. The molecule has 3 aliphatic rings. The topological polar surface area (TPSA) is 105 Å². The molecule has 2 atom stereocenters. The number of fused-ring (bicyclic) bond motifs is 3. The Labute approximate surface area is 253 Å². The highest BCUT2D eigenvalue weighted by Crippen LogP contribution is 2.43. The van der Waals surface area contributed by atoms with Gasteiger partial charge in [-0.2, -0.15) is 0 Å². The van der Waals surface area contributed by atoms with Crippen LogP contribution in [-0.4, -0.2) is 115 Å². The number of hydrogen-bond acceptors (Lipinski definition) is 9. The Bertz CT molecular complexity index is 1190. The van der Waals surface area contributed by atoms with Gasteiger partial charge in [0.1, 0.15) is 0 Å². The van der Waals surface area contributed by atoms with E-state index in [0.29, 0.717) is 79.0 Å². The van der Waals surface area contributed by atoms with Crippen molar-refractivity contribution in [3.63, 3.8) is 0 Å². The summed E-state index contributed by atoms with van der Waals surface area (Å²) < 4.78 is 40.1. The van der Waals surface area contributed by atoms with Crippen LogP contribution < -0.4 is 0 Å². The minimum atomic E-state index is -0.628. The van der Waals surface area contributed by atoms with Crippen LogP contribution in [-0.2, 0) is 44.4 Å². The van der Waals surface area contributed by atoms with Gasteiger partial charge in [0.2, 0.25) is 6.29 Å². The molecule has 10 nitrogen and oxygen atoms in total. The molecule has 10 heteroatoms. The van der Waals surface area contributed by atoms with Gasteiger partial charge in [-0.3, -0.25) is 4.79 Å². The second-order valence-electron chi connectivity index (χ2n) is 10.6. The molecule has 2 heterocycles. The molecule has 1 saturated heterocycles. The molecular weight excluding hydrogens is 554 g/mol. The number of rotatable bonds is 8. The summed E-state index contributed by atoms with van der Waals surface area (Å²) in [6, 6.07) is 14.9. The molecule has 2 aliphatic heterocycles. The van der Waals surface area contributed by atoms with Crippen molar-refractivity contribution >= 4 is 5.91 Å². The number of hydrogen-bond donors (Lipinski definition) is 1. The van der Waals surface area contributed by atoms with Gasteiger partial charge in [-0.15, -0.1) is 0 Å². The number of carbonyl (C=O) groups excluding carboxylic acids is 1. The van der Waals surface area contributed by atoms with Crippen molar-refractivity contribution in [2.45, 2.75) is 25.0 Å². The first-order valence-electron chi connectivity index (χ1n) is 15.2. The van der Waals surface area contributed by atoms with Gasteiger partial charge in [-0.05, 0) is 40.3 Å².